The topological polar surface area (TPSA) is 50.1 Å². The molecular formula is C11H10ClNO2. The molecular weight excluding hydrogens is 214 g/mol. The minimum Gasteiger partial charge on any atom is -0.496 e. The fourth-order valence-electron chi connectivity index (χ4n) is 1.24. The number of alkyl halides is 1. The molecule has 0 heterocycles. The van der Waals surface area contributed by atoms with E-state index in [0.717, 1.165) is 5.56 Å². The van der Waals surface area contributed by atoms with E-state index in [1.807, 2.05) is 6.07 Å². The molecule has 1 aromatic carbocycles. The Hall–Kier alpha value is -1.53. The van der Waals surface area contributed by atoms with Crippen LogP contribution < -0.4 is 4.74 Å². The zero-order valence-corrected chi connectivity index (χ0v) is 8.99. The highest BCUT2D eigenvalue weighted by Crippen LogP contribution is 2.22. The monoisotopic (exact) mass is 223 g/mol. The Balaban J connectivity index is 2.98. The largest absolute Gasteiger partial charge is 0.496 e. The van der Waals surface area contributed by atoms with Crippen LogP contribution in [-0.4, -0.2) is 18.8 Å². The van der Waals surface area contributed by atoms with Crippen LogP contribution >= 0.6 is 11.6 Å². The molecule has 0 radical (unpaired) electrons. The smallest absolute Gasteiger partial charge is 0.138 e. The summed E-state index contributed by atoms with van der Waals surface area (Å²) in [5.41, 5.74) is 1.34. The van der Waals surface area contributed by atoms with Gasteiger partial charge < -0.3 is 9.53 Å². The summed E-state index contributed by atoms with van der Waals surface area (Å²) in [6.45, 7) is 0. The zero-order valence-electron chi connectivity index (χ0n) is 8.24. The van der Waals surface area contributed by atoms with Crippen LogP contribution in [0.25, 0.3) is 0 Å². The summed E-state index contributed by atoms with van der Waals surface area (Å²) >= 11 is 5.71. The highest BCUT2D eigenvalue weighted by atomic mass is 35.5. The number of nitrogens with zero attached hydrogens (tertiary/aromatic N) is 1. The fourth-order valence-corrected chi connectivity index (χ4v) is 1.41. The Labute approximate surface area is 93.2 Å². The first-order valence-corrected chi connectivity index (χ1v) is 4.81. The van der Waals surface area contributed by atoms with Crippen molar-refractivity contribution in [3.63, 3.8) is 0 Å². The van der Waals surface area contributed by atoms with E-state index in [1.165, 1.54) is 7.11 Å². The molecule has 78 valence electrons. The normalized spacial score (nSPS) is 11.5. The summed E-state index contributed by atoms with van der Waals surface area (Å²) in [5, 5.41) is 8.13. The molecule has 0 N–H and O–H groups in total. The standard InChI is InChI=1S/C11H10ClNO2/c1-15-11-4-8(6-13)2-3-9(11)5-10(12)7-14/h2-4,7,10H,5H2,1H3. The first kappa shape index (κ1) is 11.5. The van der Waals surface area contributed by atoms with Crippen LogP contribution in [0, 0.1) is 11.3 Å². The molecule has 4 heteroatoms. The number of hydrogen-bond donors (Lipinski definition) is 0. The molecule has 0 fully saturated rings. The van der Waals surface area contributed by atoms with Crippen LogP contribution in [0.3, 0.4) is 0 Å². The van der Waals surface area contributed by atoms with Gasteiger partial charge in [-0.3, -0.25) is 0 Å². The lowest BCUT2D eigenvalue weighted by Gasteiger charge is -2.09. The molecule has 15 heavy (non-hydrogen) atoms. The van der Waals surface area contributed by atoms with Crippen molar-refractivity contribution in [2.75, 3.05) is 7.11 Å². The molecule has 1 atom stereocenters. The van der Waals surface area contributed by atoms with Gasteiger partial charge in [0.2, 0.25) is 0 Å². The van der Waals surface area contributed by atoms with Gasteiger partial charge in [0.25, 0.3) is 0 Å². The van der Waals surface area contributed by atoms with Crippen molar-refractivity contribution in [1.82, 2.24) is 0 Å². The van der Waals surface area contributed by atoms with Gasteiger partial charge in [0, 0.05) is 0 Å². The third-order valence-corrected chi connectivity index (χ3v) is 2.24. The van der Waals surface area contributed by atoms with Crippen molar-refractivity contribution in [2.24, 2.45) is 0 Å². The van der Waals surface area contributed by atoms with Crippen LogP contribution in [0.5, 0.6) is 5.75 Å². The van der Waals surface area contributed by atoms with Crippen LogP contribution in [0.1, 0.15) is 11.1 Å². The van der Waals surface area contributed by atoms with E-state index in [0.29, 0.717) is 24.0 Å². The van der Waals surface area contributed by atoms with Gasteiger partial charge in [0.15, 0.2) is 0 Å². The number of nitriles is 1. The second-order valence-corrected chi connectivity index (χ2v) is 3.56. The minimum absolute atomic E-state index is 0.403. The number of methoxy groups -OCH3 is 1. The quantitative estimate of drug-likeness (QED) is 0.579. The van der Waals surface area contributed by atoms with Crippen molar-refractivity contribution in [3.05, 3.63) is 29.3 Å². The van der Waals surface area contributed by atoms with Gasteiger partial charge >= 0.3 is 0 Å². The average Bonchev–Trinajstić information content (AvgIpc) is 2.29. The van der Waals surface area contributed by atoms with E-state index in [1.54, 1.807) is 18.2 Å². The third kappa shape index (κ3) is 2.97. The molecule has 1 unspecified atom stereocenters. The second-order valence-electron chi connectivity index (χ2n) is 2.99. The maximum atomic E-state index is 10.4. The predicted molar refractivity (Wildman–Crippen MR) is 57.1 cm³/mol. The Kier molecular flexibility index (Phi) is 4.14. The number of ether oxygens (including phenoxy) is 1. The van der Waals surface area contributed by atoms with Crippen LogP contribution in [-0.2, 0) is 11.2 Å². The van der Waals surface area contributed by atoms with Crippen molar-refractivity contribution >= 4 is 17.9 Å². The highest BCUT2D eigenvalue weighted by molar-refractivity contribution is 6.27. The van der Waals surface area contributed by atoms with Gasteiger partial charge in [-0.05, 0) is 24.1 Å². The highest BCUT2D eigenvalue weighted by Gasteiger charge is 2.09. The van der Waals surface area contributed by atoms with Crippen molar-refractivity contribution in [2.45, 2.75) is 11.8 Å². The van der Waals surface area contributed by atoms with Crippen molar-refractivity contribution in [1.29, 1.82) is 5.26 Å². The molecule has 0 saturated heterocycles. The van der Waals surface area contributed by atoms with E-state index in [-0.39, 0.29) is 0 Å². The molecule has 0 spiro atoms. The van der Waals surface area contributed by atoms with Crippen molar-refractivity contribution in [3.8, 4) is 11.8 Å². The number of rotatable bonds is 4. The van der Waals surface area contributed by atoms with Crippen LogP contribution in [0.15, 0.2) is 18.2 Å². The minimum atomic E-state index is -0.563. The first-order chi connectivity index (χ1) is 7.21. The molecule has 0 bridgehead atoms. The van der Waals surface area contributed by atoms with E-state index >= 15 is 0 Å². The molecule has 1 aromatic rings. The lowest BCUT2D eigenvalue weighted by molar-refractivity contribution is -0.107. The lowest BCUT2D eigenvalue weighted by Crippen LogP contribution is -2.05. The van der Waals surface area contributed by atoms with Gasteiger partial charge in [-0.2, -0.15) is 5.26 Å². The molecule has 3 nitrogen and oxygen atoms in total. The van der Waals surface area contributed by atoms with E-state index < -0.39 is 5.38 Å². The Morgan fingerprint density at radius 2 is 2.40 bits per heavy atom. The maximum absolute atomic E-state index is 10.4. The second kappa shape index (κ2) is 5.38. The summed E-state index contributed by atoms with van der Waals surface area (Å²) in [6.07, 6.45) is 1.08. The number of benzene rings is 1. The van der Waals surface area contributed by atoms with Gasteiger partial charge in [-0.15, -0.1) is 11.6 Å². The maximum Gasteiger partial charge on any atom is 0.138 e. The fraction of sp³-hybridized carbons (Fsp3) is 0.273. The lowest BCUT2D eigenvalue weighted by atomic mass is 10.1. The van der Waals surface area contributed by atoms with Gasteiger partial charge in [0.1, 0.15) is 12.0 Å². The number of carbonyl (C=O) groups excluding carboxylic acids is 1. The van der Waals surface area contributed by atoms with Crippen LogP contribution in [0.2, 0.25) is 0 Å². The number of hydrogen-bond acceptors (Lipinski definition) is 3. The summed E-state index contributed by atoms with van der Waals surface area (Å²) in [7, 11) is 1.52. The van der Waals surface area contributed by atoms with Crippen LogP contribution in [0.4, 0.5) is 0 Å². The van der Waals surface area contributed by atoms with Crippen molar-refractivity contribution < 1.29 is 9.53 Å². The first-order valence-electron chi connectivity index (χ1n) is 4.37. The molecule has 0 saturated carbocycles. The molecule has 0 aromatic heterocycles. The SMILES string of the molecule is COc1cc(C#N)ccc1CC(Cl)C=O. The van der Waals surface area contributed by atoms with E-state index in [2.05, 4.69) is 0 Å². The Morgan fingerprint density at radius 3 is 2.93 bits per heavy atom. The van der Waals surface area contributed by atoms with Gasteiger partial charge in [-0.1, -0.05) is 6.07 Å². The molecule has 0 amide bonds. The number of halogens is 1. The summed E-state index contributed by atoms with van der Waals surface area (Å²) in [5.74, 6) is 0.585. The molecule has 0 aliphatic heterocycles. The average molecular weight is 224 g/mol. The predicted octanol–water partition coefficient (Wildman–Crippen LogP) is 1.92. The zero-order chi connectivity index (χ0) is 11.3. The number of aldehydes is 1. The summed E-state index contributed by atoms with van der Waals surface area (Å²) in [4.78, 5) is 10.4. The Morgan fingerprint density at radius 1 is 1.67 bits per heavy atom. The summed E-state index contributed by atoms with van der Waals surface area (Å²) in [6, 6.07) is 7.06. The van der Waals surface area contributed by atoms with Gasteiger partial charge in [0.05, 0.1) is 24.1 Å². The summed E-state index contributed by atoms with van der Waals surface area (Å²) < 4.78 is 5.11. The Bertz CT molecular complexity index is 398. The van der Waals surface area contributed by atoms with Gasteiger partial charge in [-0.25, -0.2) is 0 Å². The van der Waals surface area contributed by atoms with E-state index in [9.17, 15) is 4.79 Å². The number of carbonyl (C=O) groups is 1. The van der Waals surface area contributed by atoms with E-state index in [4.69, 9.17) is 21.6 Å². The molecule has 1 rings (SSSR count). The molecule has 0 aliphatic rings. The molecule has 0 aliphatic carbocycles. The third-order valence-electron chi connectivity index (χ3n) is 1.98.